The molecular weight excluding hydrogens is 223 g/mol. The summed E-state index contributed by atoms with van der Waals surface area (Å²) < 4.78 is 13.0. The Balaban J connectivity index is 2.23. The van der Waals surface area contributed by atoms with Gasteiger partial charge in [-0.3, -0.25) is 4.79 Å². The van der Waals surface area contributed by atoms with E-state index in [-0.39, 0.29) is 5.69 Å². The largest absolute Gasteiger partial charge is 0.364 e. The van der Waals surface area contributed by atoms with Crippen LogP contribution in [-0.2, 0) is 0 Å². The van der Waals surface area contributed by atoms with Crippen molar-refractivity contribution in [1.29, 1.82) is 0 Å². The average molecular weight is 238 g/mol. The highest BCUT2D eigenvalue weighted by Gasteiger charge is 2.21. The number of hydrogen-bond acceptors (Lipinski definition) is 4. The summed E-state index contributed by atoms with van der Waals surface area (Å²) in [6.45, 7) is 2.92. The fourth-order valence-corrected chi connectivity index (χ4v) is 1.87. The van der Waals surface area contributed by atoms with Gasteiger partial charge in [0.1, 0.15) is 11.9 Å². The molecule has 1 aliphatic heterocycles. The smallest absolute Gasteiger partial charge is 0.267 e. The molecular formula is C11H15FN4O. The molecule has 0 bridgehead atoms. The summed E-state index contributed by atoms with van der Waals surface area (Å²) in [7, 11) is 0. The minimum absolute atomic E-state index is 0.204. The Labute approximate surface area is 98.8 Å². The van der Waals surface area contributed by atoms with Crippen molar-refractivity contribution < 1.29 is 9.18 Å². The predicted octanol–water partition coefficient (Wildman–Crippen LogP) is 0.822. The number of nitrogens with two attached hydrogens (primary N) is 1. The molecule has 6 heteroatoms. The van der Waals surface area contributed by atoms with Crippen LogP contribution in [0.3, 0.4) is 0 Å². The maximum atomic E-state index is 13.0. The van der Waals surface area contributed by atoms with Crippen molar-refractivity contribution in [1.82, 2.24) is 9.97 Å². The van der Waals surface area contributed by atoms with Crippen molar-refractivity contribution in [3.63, 3.8) is 0 Å². The van der Waals surface area contributed by atoms with Crippen molar-refractivity contribution >= 4 is 11.9 Å². The molecule has 2 rings (SSSR count). The van der Waals surface area contributed by atoms with Crippen molar-refractivity contribution in [2.45, 2.75) is 25.9 Å². The maximum absolute atomic E-state index is 13.0. The van der Waals surface area contributed by atoms with E-state index in [0.717, 1.165) is 0 Å². The standard InChI is InChI=1S/C11H15FN4O/c1-7-6-9(10(13)17)15-11(14-7)16-4-2-8(12)3-5-16/h6,8H,2-5H2,1H3,(H2,13,17). The van der Waals surface area contributed by atoms with E-state index in [4.69, 9.17) is 5.73 Å². The highest BCUT2D eigenvalue weighted by Crippen LogP contribution is 2.18. The molecule has 1 fully saturated rings. The second kappa shape index (κ2) is 4.65. The Morgan fingerprint density at radius 3 is 2.71 bits per heavy atom. The lowest BCUT2D eigenvalue weighted by Crippen LogP contribution is -2.36. The molecule has 0 saturated carbocycles. The second-order valence-corrected chi connectivity index (χ2v) is 4.22. The number of alkyl halides is 1. The number of nitrogens with zero attached hydrogens (tertiary/aromatic N) is 3. The third-order valence-electron chi connectivity index (χ3n) is 2.80. The number of aromatic nitrogens is 2. The van der Waals surface area contributed by atoms with E-state index in [2.05, 4.69) is 9.97 Å². The summed E-state index contributed by atoms with van der Waals surface area (Å²) in [5.74, 6) is -0.108. The maximum Gasteiger partial charge on any atom is 0.267 e. The Morgan fingerprint density at radius 1 is 1.47 bits per heavy atom. The SMILES string of the molecule is Cc1cc(C(N)=O)nc(N2CCC(F)CC2)n1. The number of primary amides is 1. The Morgan fingerprint density at radius 2 is 2.12 bits per heavy atom. The summed E-state index contributed by atoms with van der Waals surface area (Å²) >= 11 is 0. The number of piperidine rings is 1. The predicted molar refractivity (Wildman–Crippen MR) is 61.6 cm³/mol. The number of anilines is 1. The van der Waals surface area contributed by atoms with Crippen LogP contribution in [0.4, 0.5) is 10.3 Å². The highest BCUT2D eigenvalue weighted by atomic mass is 19.1. The van der Waals surface area contributed by atoms with Gasteiger partial charge in [-0.05, 0) is 25.8 Å². The monoisotopic (exact) mass is 238 g/mol. The molecule has 2 heterocycles. The fraction of sp³-hybridized carbons (Fsp3) is 0.545. The highest BCUT2D eigenvalue weighted by molar-refractivity contribution is 5.91. The lowest BCUT2D eigenvalue weighted by atomic mass is 10.1. The van der Waals surface area contributed by atoms with E-state index < -0.39 is 12.1 Å². The molecule has 1 aromatic rings. The zero-order valence-electron chi connectivity index (χ0n) is 9.69. The molecule has 0 aliphatic carbocycles. The van der Waals surface area contributed by atoms with Crippen LogP contribution >= 0.6 is 0 Å². The number of hydrogen-bond donors (Lipinski definition) is 1. The van der Waals surface area contributed by atoms with Gasteiger partial charge >= 0.3 is 0 Å². The van der Waals surface area contributed by atoms with Gasteiger partial charge in [0, 0.05) is 18.8 Å². The van der Waals surface area contributed by atoms with Gasteiger partial charge in [0.25, 0.3) is 5.91 Å². The third kappa shape index (κ3) is 2.69. The third-order valence-corrected chi connectivity index (χ3v) is 2.80. The molecule has 5 nitrogen and oxygen atoms in total. The van der Waals surface area contributed by atoms with Gasteiger partial charge in [0.2, 0.25) is 5.95 Å². The molecule has 0 atom stereocenters. The van der Waals surface area contributed by atoms with E-state index in [1.165, 1.54) is 0 Å². The number of carbonyl (C=O) groups is 1. The van der Waals surface area contributed by atoms with E-state index in [1.54, 1.807) is 13.0 Å². The number of amides is 1. The molecule has 1 aromatic heterocycles. The summed E-state index contributed by atoms with van der Waals surface area (Å²) in [6.07, 6.45) is 0.207. The Bertz CT molecular complexity index is 429. The van der Waals surface area contributed by atoms with E-state index >= 15 is 0 Å². The normalized spacial score (nSPS) is 17.2. The summed E-state index contributed by atoms with van der Waals surface area (Å²) in [6, 6.07) is 1.55. The second-order valence-electron chi connectivity index (χ2n) is 4.22. The zero-order valence-corrected chi connectivity index (χ0v) is 9.69. The van der Waals surface area contributed by atoms with Gasteiger partial charge in [-0.2, -0.15) is 0 Å². The minimum Gasteiger partial charge on any atom is -0.364 e. The molecule has 1 amide bonds. The van der Waals surface area contributed by atoms with Crippen molar-refractivity contribution in [3.8, 4) is 0 Å². The first kappa shape index (κ1) is 11.8. The molecule has 92 valence electrons. The van der Waals surface area contributed by atoms with Crippen LogP contribution < -0.4 is 10.6 Å². The fourth-order valence-electron chi connectivity index (χ4n) is 1.87. The van der Waals surface area contributed by atoms with Gasteiger partial charge in [0.05, 0.1) is 0 Å². The number of carbonyl (C=O) groups excluding carboxylic acids is 1. The number of halogens is 1. The lowest BCUT2D eigenvalue weighted by molar-refractivity contribution is 0.0995. The van der Waals surface area contributed by atoms with Gasteiger partial charge < -0.3 is 10.6 Å². The zero-order chi connectivity index (χ0) is 12.4. The van der Waals surface area contributed by atoms with Crippen LogP contribution in [0.2, 0.25) is 0 Å². The first-order chi connectivity index (χ1) is 8.06. The molecule has 17 heavy (non-hydrogen) atoms. The topological polar surface area (TPSA) is 72.1 Å². The molecule has 2 N–H and O–H groups in total. The van der Waals surface area contributed by atoms with Crippen molar-refractivity contribution in [2.75, 3.05) is 18.0 Å². The average Bonchev–Trinajstić information content (AvgIpc) is 2.29. The Hall–Kier alpha value is -1.72. The van der Waals surface area contributed by atoms with E-state index in [1.807, 2.05) is 4.90 Å². The summed E-state index contributed by atoms with van der Waals surface area (Å²) in [5.41, 5.74) is 6.09. The van der Waals surface area contributed by atoms with Crippen LogP contribution in [0.25, 0.3) is 0 Å². The Kier molecular flexibility index (Phi) is 3.21. The van der Waals surface area contributed by atoms with Gasteiger partial charge in [-0.15, -0.1) is 0 Å². The first-order valence-corrected chi connectivity index (χ1v) is 5.61. The minimum atomic E-state index is -0.744. The lowest BCUT2D eigenvalue weighted by Gasteiger charge is -2.28. The van der Waals surface area contributed by atoms with Crippen LogP contribution in [0.15, 0.2) is 6.07 Å². The molecule has 1 aliphatic rings. The molecule has 1 saturated heterocycles. The van der Waals surface area contributed by atoms with Crippen LogP contribution in [0.5, 0.6) is 0 Å². The summed E-state index contributed by atoms with van der Waals surface area (Å²) in [4.78, 5) is 21.3. The molecule has 0 radical (unpaired) electrons. The van der Waals surface area contributed by atoms with E-state index in [0.29, 0.717) is 37.6 Å². The van der Waals surface area contributed by atoms with Gasteiger partial charge in [-0.1, -0.05) is 0 Å². The van der Waals surface area contributed by atoms with E-state index in [9.17, 15) is 9.18 Å². The number of aryl methyl sites for hydroxylation is 1. The van der Waals surface area contributed by atoms with Gasteiger partial charge in [0.15, 0.2) is 0 Å². The molecule has 0 unspecified atom stereocenters. The van der Waals surface area contributed by atoms with Crippen molar-refractivity contribution in [3.05, 3.63) is 17.5 Å². The van der Waals surface area contributed by atoms with Crippen LogP contribution in [-0.4, -0.2) is 35.1 Å². The first-order valence-electron chi connectivity index (χ1n) is 5.61. The van der Waals surface area contributed by atoms with Crippen LogP contribution in [0, 0.1) is 6.92 Å². The number of rotatable bonds is 2. The van der Waals surface area contributed by atoms with Crippen LogP contribution in [0.1, 0.15) is 29.0 Å². The van der Waals surface area contributed by atoms with Gasteiger partial charge in [-0.25, -0.2) is 14.4 Å². The molecule has 0 aromatic carbocycles. The summed E-state index contributed by atoms with van der Waals surface area (Å²) in [5, 5.41) is 0. The molecule has 0 spiro atoms. The van der Waals surface area contributed by atoms with Crippen molar-refractivity contribution in [2.24, 2.45) is 5.73 Å². The quantitative estimate of drug-likeness (QED) is 0.828.